The Hall–Kier alpha value is -3.58. The molecule has 1 aliphatic rings. The summed E-state index contributed by atoms with van der Waals surface area (Å²) in [7, 11) is 0. The molecule has 1 heterocycles. The number of rotatable bonds is 6. The van der Waals surface area contributed by atoms with Crippen molar-refractivity contribution in [3.63, 3.8) is 0 Å². The Balaban J connectivity index is 1.94. The highest BCUT2D eigenvalue weighted by Gasteiger charge is 2.63. The topological polar surface area (TPSA) is 55.8 Å². The third-order valence-corrected chi connectivity index (χ3v) is 5.65. The Kier molecular flexibility index (Phi) is 6.24. The van der Waals surface area contributed by atoms with E-state index >= 15 is 0 Å². The Morgan fingerprint density at radius 3 is 1.85 bits per heavy atom. The molecule has 2 unspecified atom stereocenters. The molecule has 1 fully saturated rings. The van der Waals surface area contributed by atoms with Gasteiger partial charge < -0.3 is 9.47 Å². The van der Waals surface area contributed by atoms with Crippen LogP contribution in [-0.4, -0.2) is 29.5 Å². The summed E-state index contributed by atoms with van der Waals surface area (Å²) in [6, 6.07) is 21.4. The third-order valence-electron chi connectivity index (χ3n) is 5.65. The van der Waals surface area contributed by atoms with E-state index < -0.39 is 41.4 Å². The van der Waals surface area contributed by atoms with Crippen molar-refractivity contribution in [3.05, 3.63) is 107 Å². The number of esters is 2. The van der Waals surface area contributed by atoms with Gasteiger partial charge in [-0.2, -0.15) is 0 Å². The van der Waals surface area contributed by atoms with Gasteiger partial charge in [0.2, 0.25) is 5.72 Å². The molecule has 0 aliphatic carbocycles. The van der Waals surface area contributed by atoms with Crippen molar-refractivity contribution in [3.8, 4) is 0 Å². The van der Waals surface area contributed by atoms with Crippen molar-refractivity contribution < 1.29 is 27.8 Å². The monoisotopic (exact) mass is 451 g/mol. The van der Waals surface area contributed by atoms with E-state index in [4.69, 9.17) is 9.47 Å². The Labute approximate surface area is 190 Å². The van der Waals surface area contributed by atoms with Gasteiger partial charge in [0, 0.05) is 32.0 Å². The van der Waals surface area contributed by atoms with Gasteiger partial charge in [0.15, 0.2) is 6.10 Å². The highest BCUT2D eigenvalue weighted by atomic mass is 19.1. The fourth-order valence-corrected chi connectivity index (χ4v) is 4.46. The maximum atomic E-state index is 14.3. The maximum Gasteiger partial charge on any atom is 0.304 e. The van der Waals surface area contributed by atoms with Crippen LogP contribution in [0.2, 0.25) is 0 Å². The van der Waals surface area contributed by atoms with E-state index in [-0.39, 0.29) is 12.1 Å². The molecule has 4 rings (SSSR count). The smallest absolute Gasteiger partial charge is 0.304 e. The van der Waals surface area contributed by atoms with Crippen LogP contribution in [0.15, 0.2) is 78.9 Å². The Morgan fingerprint density at radius 2 is 1.39 bits per heavy atom. The second-order valence-corrected chi connectivity index (χ2v) is 7.92. The summed E-state index contributed by atoms with van der Waals surface area (Å²) in [5.41, 5.74) is 0.0675. The van der Waals surface area contributed by atoms with Crippen LogP contribution in [0.4, 0.5) is 8.78 Å². The van der Waals surface area contributed by atoms with Crippen LogP contribution in [-0.2, 0) is 24.8 Å². The quantitative estimate of drug-likeness (QED) is 0.508. The highest BCUT2D eigenvalue weighted by Crippen LogP contribution is 2.50. The van der Waals surface area contributed by atoms with Gasteiger partial charge in [0.05, 0.1) is 6.04 Å². The molecule has 5 nitrogen and oxygen atoms in total. The predicted octanol–water partition coefficient (Wildman–Crippen LogP) is 4.72. The summed E-state index contributed by atoms with van der Waals surface area (Å²) in [6.07, 6.45) is -0.963. The molecule has 2 atom stereocenters. The maximum absolute atomic E-state index is 14.3. The minimum absolute atomic E-state index is 0.0459. The molecule has 0 spiro atoms. The lowest BCUT2D eigenvalue weighted by atomic mass is 9.81. The summed E-state index contributed by atoms with van der Waals surface area (Å²) in [4.78, 5) is 26.0. The second kappa shape index (κ2) is 9.11. The molecule has 3 aromatic rings. The molecule has 170 valence electrons. The van der Waals surface area contributed by atoms with E-state index in [2.05, 4.69) is 0 Å². The van der Waals surface area contributed by atoms with Gasteiger partial charge in [-0.15, -0.1) is 0 Å². The molecule has 0 N–H and O–H groups in total. The van der Waals surface area contributed by atoms with Gasteiger partial charge in [0.1, 0.15) is 11.6 Å². The summed E-state index contributed by atoms with van der Waals surface area (Å²) in [5.74, 6) is -2.94. The van der Waals surface area contributed by atoms with E-state index in [0.717, 1.165) is 29.3 Å². The number of carbonyl (C=O) groups excluding carboxylic acids is 2. The van der Waals surface area contributed by atoms with Gasteiger partial charge in [0.25, 0.3) is 0 Å². The summed E-state index contributed by atoms with van der Waals surface area (Å²) in [6.45, 7) is 2.62. The van der Waals surface area contributed by atoms with E-state index in [1.165, 1.54) is 13.8 Å². The number of ether oxygens (including phenoxy) is 2. The first-order chi connectivity index (χ1) is 15.8. The number of hydrogen-bond donors (Lipinski definition) is 0. The first-order valence-corrected chi connectivity index (χ1v) is 10.5. The molecule has 1 aliphatic heterocycles. The van der Waals surface area contributed by atoms with Crippen LogP contribution in [0.25, 0.3) is 0 Å². The average Bonchev–Trinajstić information content (AvgIpc) is 2.77. The number of hydrogen-bond acceptors (Lipinski definition) is 5. The van der Waals surface area contributed by atoms with Crippen LogP contribution in [0.5, 0.6) is 0 Å². The van der Waals surface area contributed by atoms with Gasteiger partial charge >= 0.3 is 11.9 Å². The summed E-state index contributed by atoms with van der Waals surface area (Å²) >= 11 is 0. The van der Waals surface area contributed by atoms with Crippen LogP contribution in [0, 0.1) is 11.6 Å². The van der Waals surface area contributed by atoms with Crippen molar-refractivity contribution in [2.24, 2.45) is 0 Å². The SMILES string of the molecule is CC(=O)OC1CN(C(c2ccccc2)c2ccccc2)C1(OC(C)=O)c1cc(F)cc(F)c1. The Bertz CT molecular complexity index is 1100. The van der Waals surface area contributed by atoms with Crippen molar-refractivity contribution in [2.75, 3.05) is 6.54 Å². The second-order valence-electron chi connectivity index (χ2n) is 7.92. The van der Waals surface area contributed by atoms with Crippen LogP contribution >= 0.6 is 0 Å². The minimum atomic E-state index is -1.73. The number of likely N-dealkylation sites (tertiary alicyclic amines) is 1. The molecule has 0 bridgehead atoms. The zero-order chi connectivity index (χ0) is 23.6. The summed E-state index contributed by atoms with van der Waals surface area (Å²) in [5, 5.41) is 0. The normalized spacial score (nSPS) is 20.2. The first kappa shape index (κ1) is 22.6. The number of benzene rings is 3. The lowest BCUT2D eigenvalue weighted by molar-refractivity contribution is -0.293. The number of carbonyl (C=O) groups is 2. The standard InChI is InChI=1S/C26H23F2NO4/c1-17(30)32-24-16-29(25(19-9-5-3-6-10-19)20-11-7-4-8-12-20)26(24,33-18(2)31)21-13-22(27)15-23(28)14-21/h3-15,24-25H,16H2,1-2H3. The van der Waals surface area contributed by atoms with E-state index in [1.54, 1.807) is 4.90 Å². The van der Waals surface area contributed by atoms with E-state index in [0.29, 0.717) is 0 Å². The Morgan fingerprint density at radius 1 is 0.879 bits per heavy atom. The van der Waals surface area contributed by atoms with Crippen molar-refractivity contribution in [2.45, 2.75) is 31.7 Å². The van der Waals surface area contributed by atoms with Gasteiger partial charge in [-0.1, -0.05) is 60.7 Å². The molecule has 0 saturated carbocycles. The van der Waals surface area contributed by atoms with Crippen LogP contribution in [0.3, 0.4) is 0 Å². The molecular formula is C26H23F2NO4. The van der Waals surface area contributed by atoms with E-state index in [1.807, 2.05) is 60.7 Å². The van der Waals surface area contributed by atoms with Crippen LogP contribution < -0.4 is 0 Å². The summed E-state index contributed by atoms with van der Waals surface area (Å²) < 4.78 is 39.9. The first-order valence-electron chi connectivity index (χ1n) is 10.5. The molecule has 0 radical (unpaired) electrons. The zero-order valence-corrected chi connectivity index (χ0v) is 18.2. The van der Waals surface area contributed by atoms with Crippen molar-refractivity contribution in [1.82, 2.24) is 4.90 Å². The van der Waals surface area contributed by atoms with Gasteiger partial charge in [-0.05, 0) is 23.3 Å². The average molecular weight is 451 g/mol. The fourth-order valence-electron chi connectivity index (χ4n) is 4.46. The number of halogens is 2. The predicted molar refractivity (Wildman–Crippen MR) is 117 cm³/mol. The number of nitrogens with zero attached hydrogens (tertiary/aromatic N) is 1. The molecule has 1 saturated heterocycles. The lowest BCUT2D eigenvalue weighted by Gasteiger charge is -2.58. The molecule has 0 amide bonds. The largest absolute Gasteiger partial charge is 0.455 e. The van der Waals surface area contributed by atoms with Crippen molar-refractivity contribution in [1.29, 1.82) is 0 Å². The minimum Gasteiger partial charge on any atom is -0.455 e. The zero-order valence-electron chi connectivity index (χ0n) is 18.2. The fraction of sp³-hybridized carbons (Fsp3) is 0.231. The van der Waals surface area contributed by atoms with Gasteiger partial charge in [-0.3, -0.25) is 9.59 Å². The molecule has 0 aromatic heterocycles. The molecule has 7 heteroatoms. The molecule has 3 aromatic carbocycles. The van der Waals surface area contributed by atoms with E-state index in [9.17, 15) is 18.4 Å². The lowest BCUT2D eigenvalue weighted by Crippen LogP contribution is -2.71. The molecular weight excluding hydrogens is 428 g/mol. The van der Waals surface area contributed by atoms with Crippen molar-refractivity contribution >= 4 is 11.9 Å². The highest BCUT2D eigenvalue weighted by molar-refractivity contribution is 5.68. The molecule has 33 heavy (non-hydrogen) atoms. The van der Waals surface area contributed by atoms with Gasteiger partial charge in [-0.25, -0.2) is 13.7 Å². The van der Waals surface area contributed by atoms with Crippen LogP contribution in [0.1, 0.15) is 36.6 Å². The third kappa shape index (κ3) is 4.36.